The Balaban J connectivity index is 1.21. The third kappa shape index (κ3) is 6.48. The summed E-state index contributed by atoms with van der Waals surface area (Å²) in [7, 11) is 0. The summed E-state index contributed by atoms with van der Waals surface area (Å²) in [6.07, 6.45) is 9.29. The minimum atomic E-state index is -0.350. The predicted octanol–water partition coefficient (Wildman–Crippen LogP) is 7.41. The van der Waals surface area contributed by atoms with E-state index in [1.165, 1.54) is 37.7 Å². The van der Waals surface area contributed by atoms with Gasteiger partial charge in [-0.3, -0.25) is 0 Å². The fourth-order valence-electron chi connectivity index (χ4n) is 4.44. The molecule has 0 aliphatic carbocycles. The smallest absolute Gasteiger partial charge is 0.184 e. The van der Waals surface area contributed by atoms with Gasteiger partial charge in [0, 0.05) is 10.6 Å². The van der Waals surface area contributed by atoms with Crippen LogP contribution in [0.25, 0.3) is 0 Å². The molecule has 2 heterocycles. The largest absolute Gasteiger partial charge is 0.494 e. The first kappa shape index (κ1) is 23.6. The molecule has 4 rings (SSSR count). The molecule has 0 amide bonds. The van der Waals surface area contributed by atoms with Crippen molar-refractivity contribution in [3.63, 3.8) is 0 Å². The predicted molar refractivity (Wildman–Crippen MR) is 127 cm³/mol. The molecule has 4 atom stereocenters. The van der Waals surface area contributed by atoms with E-state index in [0.717, 1.165) is 37.2 Å². The molecule has 32 heavy (non-hydrogen) atoms. The second-order valence-corrected chi connectivity index (χ2v) is 9.25. The van der Waals surface area contributed by atoms with Gasteiger partial charge in [0.05, 0.1) is 25.4 Å². The first-order valence-corrected chi connectivity index (χ1v) is 12.5. The number of halogens is 1. The lowest BCUT2D eigenvalue weighted by molar-refractivity contribution is -0.289. The molecule has 0 spiro atoms. The molecule has 4 nitrogen and oxygen atoms in total. The average molecular weight is 459 g/mol. The van der Waals surface area contributed by atoms with E-state index < -0.39 is 0 Å². The van der Waals surface area contributed by atoms with Gasteiger partial charge in [-0.25, -0.2) is 0 Å². The topological polar surface area (TPSA) is 36.9 Å². The minimum absolute atomic E-state index is 0.0408. The highest BCUT2D eigenvalue weighted by Crippen LogP contribution is 2.38. The van der Waals surface area contributed by atoms with Crippen LogP contribution in [0.15, 0.2) is 48.5 Å². The lowest BCUT2D eigenvalue weighted by Gasteiger charge is -2.42. The van der Waals surface area contributed by atoms with Crippen molar-refractivity contribution in [3.05, 3.63) is 64.7 Å². The molecule has 2 aliphatic heterocycles. The number of ether oxygens (including phenoxy) is 4. The van der Waals surface area contributed by atoms with Crippen molar-refractivity contribution in [1.82, 2.24) is 0 Å². The van der Waals surface area contributed by atoms with E-state index in [-0.39, 0.29) is 24.6 Å². The van der Waals surface area contributed by atoms with Crippen LogP contribution in [0, 0.1) is 0 Å². The van der Waals surface area contributed by atoms with Gasteiger partial charge in [-0.15, -0.1) is 0 Å². The third-order valence-corrected chi connectivity index (χ3v) is 6.59. The summed E-state index contributed by atoms with van der Waals surface area (Å²) < 4.78 is 24.4. The summed E-state index contributed by atoms with van der Waals surface area (Å²) in [5.74, 6) is 0.936. The van der Waals surface area contributed by atoms with E-state index in [4.69, 9.17) is 30.5 Å². The minimum Gasteiger partial charge on any atom is -0.494 e. The fraction of sp³-hybridized carbons (Fsp3) is 0.556. The molecule has 5 heteroatoms. The number of unbranched alkanes of at least 4 members (excludes halogenated alkanes) is 5. The quantitative estimate of drug-likeness (QED) is 0.347. The van der Waals surface area contributed by atoms with Gasteiger partial charge in [0.25, 0.3) is 0 Å². The Hall–Kier alpha value is -1.59. The summed E-state index contributed by atoms with van der Waals surface area (Å²) in [4.78, 5) is 0. The zero-order valence-corrected chi connectivity index (χ0v) is 19.8. The Morgan fingerprint density at radius 3 is 2.31 bits per heavy atom. The Kier molecular flexibility index (Phi) is 8.86. The zero-order chi connectivity index (χ0) is 22.2. The highest BCUT2D eigenvalue weighted by atomic mass is 35.5. The van der Waals surface area contributed by atoms with Crippen LogP contribution >= 0.6 is 11.6 Å². The Morgan fingerprint density at radius 2 is 1.53 bits per heavy atom. The lowest BCUT2D eigenvalue weighted by atomic mass is 9.95. The van der Waals surface area contributed by atoms with Crippen LogP contribution in [-0.2, 0) is 14.2 Å². The van der Waals surface area contributed by atoms with Crippen LogP contribution in [0.2, 0.25) is 5.02 Å². The molecule has 0 bridgehead atoms. The highest BCUT2D eigenvalue weighted by Gasteiger charge is 2.38. The van der Waals surface area contributed by atoms with Crippen LogP contribution in [0.5, 0.6) is 5.75 Å². The maximum atomic E-state index is 6.35. The van der Waals surface area contributed by atoms with Gasteiger partial charge in [0.1, 0.15) is 11.9 Å². The van der Waals surface area contributed by atoms with E-state index in [9.17, 15) is 0 Å². The molecule has 2 aromatic rings. The highest BCUT2D eigenvalue weighted by molar-refractivity contribution is 6.30. The van der Waals surface area contributed by atoms with Crippen molar-refractivity contribution >= 4 is 11.6 Å². The monoisotopic (exact) mass is 458 g/mol. The van der Waals surface area contributed by atoms with Gasteiger partial charge >= 0.3 is 0 Å². The second kappa shape index (κ2) is 12.0. The van der Waals surface area contributed by atoms with Crippen molar-refractivity contribution in [2.45, 2.75) is 82.9 Å². The van der Waals surface area contributed by atoms with E-state index in [1.807, 2.05) is 24.3 Å². The average Bonchev–Trinajstić information content (AvgIpc) is 2.84. The molecule has 2 aliphatic rings. The van der Waals surface area contributed by atoms with E-state index in [0.29, 0.717) is 11.6 Å². The second-order valence-electron chi connectivity index (χ2n) is 8.82. The van der Waals surface area contributed by atoms with Gasteiger partial charge in [-0.1, -0.05) is 74.9 Å². The maximum absolute atomic E-state index is 6.35. The van der Waals surface area contributed by atoms with Crippen molar-refractivity contribution in [3.8, 4) is 5.75 Å². The summed E-state index contributed by atoms with van der Waals surface area (Å²) >= 11 is 5.99. The molecular weight excluding hydrogens is 424 g/mol. The van der Waals surface area contributed by atoms with Gasteiger partial charge in [-0.05, 0) is 49.1 Å². The lowest BCUT2D eigenvalue weighted by Crippen LogP contribution is -2.45. The standard InChI is InChI=1S/C27H35ClO4/c1-2-3-4-5-6-7-18-29-23-14-10-20(11-15-23)24-16-17-25-26(31-24)19-30-27(32-25)21-8-12-22(28)13-9-21/h8-15,24-27H,2-7,16-19H2,1H3/t24-,25+,26-,27-/m1/s1. The number of hydrogen-bond acceptors (Lipinski definition) is 4. The van der Waals surface area contributed by atoms with Crippen LogP contribution in [0.1, 0.15) is 81.8 Å². The first-order valence-electron chi connectivity index (χ1n) is 12.1. The molecular formula is C27H35ClO4. The molecule has 0 radical (unpaired) electrons. The number of fused-ring (bicyclic) bond motifs is 1. The van der Waals surface area contributed by atoms with Crippen molar-refractivity contribution < 1.29 is 18.9 Å². The van der Waals surface area contributed by atoms with E-state index >= 15 is 0 Å². The summed E-state index contributed by atoms with van der Waals surface area (Å²) in [6, 6.07) is 16.0. The van der Waals surface area contributed by atoms with Crippen molar-refractivity contribution in [2.75, 3.05) is 13.2 Å². The molecule has 0 aromatic heterocycles. The summed E-state index contributed by atoms with van der Waals surface area (Å²) in [5.41, 5.74) is 2.18. The van der Waals surface area contributed by atoms with E-state index in [1.54, 1.807) is 0 Å². The molecule has 174 valence electrons. The molecule has 0 unspecified atom stereocenters. The third-order valence-electron chi connectivity index (χ3n) is 6.34. The van der Waals surface area contributed by atoms with Crippen LogP contribution in [-0.4, -0.2) is 25.4 Å². The summed E-state index contributed by atoms with van der Waals surface area (Å²) in [5, 5.41) is 0.713. The number of rotatable bonds is 10. The van der Waals surface area contributed by atoms with E-state index in [2.05, 4.69) is 31.2 Å². The number of hydrogen-bond donors (Lipinski definition) is 0. The maximum Gasteiger partial charge on any atom is 0.184 e. The Labute approximate surface area is 197 Å². The van der Waals surface area contributed by atoms with Crippen LogP contribution in [0.3, 0.4) is 0 Å². The summed E-state index contributed by atoms with van der Waals surface area (Å²) in [6.45, 7) is 3.57. The first-order chi connectivity index (χ1) is 15.7. The SMILES string of the molecule is CCCCCCCCOc1ccc([C@H]2CC[C@@H]3O[C@H](c4ccc(Cl)cc4)OC[C@H]3O2)cc1. The van der Waals surface area contributed by atoms with Crippen molar-refractivity contribution in [2.24, 2.45) is 0 Å². The molecule has 2 aromatic carbocycles. The Morgan fingerprint density at radius 1 is 0.812 bits per heavy atom. The van der Waals surface area contributed by atoms with Gasteiger partial charge in [0.2, 0.25) is 0 Å². The molecule has 0 N–H and O–H groups in total. The van der Waals surface area contributed by atoms with Gasteiger partial charge in [-0.2, -0.15) is 0 Å². The van der Waals surface area contributed by atoms with Gasteiger partial charge in [0.15, 0.2) is 6.29 Å². The normalized spacial score (nSPS) is 25.3. The van der Waals surface area contributed by atoms with Crippen LogP contribution in [0.4, 0.5) is 0 Å². The molecule has 2 fully saturated rings. The zero-order valence-electron chi connectivity index (χ0n) is 19.0. The number of benzene rings is 2. The fourth-order valence-corrected chi connectivity index (χ4v) is 4.57. The molecule has 2 saturated heterocycles. The van der Waals surface area contributed by atoms with Gasteiger partial charge < -0.3 is 18.9 Å². The van der Waals surface area contributed by atoms with Crippen LogP contribution < -0.4 is 4.74 Å². The molecule has 0 saturated carbocycles. The Bertz CT molecular complexity index is 807. The van der Waals surface area contributed by atoms with Crippen molar-refractivity contribution in [1.29, 1.82) is 0 Å².